The smallest absolute Gasteiger partial charge is 0.334 e. The second-order valence-corrected chi connectivity index (χ2v) is 7.92. The van der Waals surface area contributed by atoms with Gasteiger partial charge < -0.3 is 29.9 Å². The number of nitrogens with one attached hydrogen (secondary N) is 1. The third kappa shape index (κ3) is 8.12. The van der Waals surface area contributed by atoms with Crippen molar-refractivity contribution in [2.75, 3.05) is 20.2 Å². The van der Waals surface area contributed by atoms with Crippen molar-refractivity contribution in [3.63, 3.8) is 0 Å². The van der Waals surface area contributed by atoms with Crippen LogP contribution in [0.4, 0.5) is 4.79 Å². The number of urea groups is 1. The maximum Gasteiger partial charge on any atom is 0.334 e. The second kappa shape index (κ2) is 12.4. The van der Waals surface area contributed by atoms with E-state index in [-0.39, 0.29) is 24.6 Å². The predicted molar refractivity (Wildman–Crippen MR) is 121 cm³/mol. The van der Waals surface area contributed by atoms with Crippen LogP contribution >= 0.6 is 0 Å². The lowest BCUT2D eigenvalue weighted by atomic mass is 10.1. The molecule has 0 aromatic heterocycles. The number of para-hydroxylation sites is 2. The zero-order valence-corrected chi connectivity index (χ0v) is 18.9. The van der Waals surface area contributed by atoms with E-state index >= 15 is 0 Å². The number of ether oxygens (including phenoxy) is 2. The van der Waals surface area contributed by atoms with E-state index in [1.165, 1.54) is 12.0 Å². The first kappa shape index (κ1) is 25.7. The molecule has 0 spiro atoms. The highest BCUT2D eigenvalue weighted by Gasteiger charge is 2.29. The fourth-order valence-electron chi connectivity index (χ4n) is 3.13. The van der Waals surface area contributed by atoms with E-state index in [9.17, 15) is 19.5 Å². The molecule has 2 amide bonds. The molecule has 0 heterocycles. The molecule has 0 aliphatic carbocycles. The summed E-state index contributed by atoms with van der Waals surface area (Å²) in [7, 11) is 1.45. The van der Waals surface area contributed by atoms with Gasteiger partial charge in [-0.3, -0.25) is 0 Å². The van der Waals surface area contributed by atoms with Crippen molar-refractivity contribution in [2.45, 2.75) is 32.4 Å². The Morgan fingerprint density at radius 2 is 1.58 bits per heavy atom. The molecule has 9 nitrogen and oxygen atoms in total. The molecule has 0 aliphatic heterocycles. The summed E-state index contributed by atoms with van der Waals surface area (Å²) in [6.07, 6.45) is -1.60. The van der Waals surface area contributed by atoms with Gasteiger partial charge in [0.25, 0.3) is 0 Å². The van der Waals surface area contributed by atoms with Crippen LogP contribution in [-0.4, -0.2) is 65.4 Å². The van der Waals surface area contributed by atoms with Crippen LogP contribution in [0.25, 0.3) is 0 Å². The Morgan fingerprint density at radius 3 is 2.15 bits per heavy atom. The van der Waals surface area contributed by atoms with Crippen molar-refractivity contribution in [1.29, 1.82) is 0 Å². The van der Waals surface area contributed by atoms with Gasteiger partial charge in [-0.2, -0.15) is 0 Å². The number of benzene rings is 2. The van der Waals surface area contributed by atoms with Gasteiger partial charge in [0.1, 0.15) is 6.04 Å². The van der Waals surface area contributed by atoms with E-state index < -0.39 is 36.7 Å². The van der Waals surface area contributed by atoms with Gasteiger partial charge in [-0.25, -0.2) is 14.4 Å². The largest absolute Gasteiger partial charge is 0.493 e. The lowest BCUT2D eigenvalue weighted by Crippen LogP contribution is -2.53. The summed E-state index contributed by atoms with van der Waals surface area (Å²) in [4.78, 5) is 38.3. The number of carboxylic acid groups (broad SMARTS) is 1. The minimum Gasteiger partial charge on any atom is -0.493 e. The molecular weight excluding hydrogens is 428 g/mol. The Bertz CT molecular complexity index is 933. The Morgan fingerprint density at radius 1 is 0.970 bits per heavy atom. The Hall–Kier alpha value is -3.59. The van der Waals surface area contributed by atoms with Crippen LogP contribution in [0.5, 0.6) is 11.5 Å². The Labute approximate surface area is 192 Å². The summed E-state index contributed by atoms with van der Waals surface area (Å²) in [5, 5.41) is 21.4. The van der Waals surface area contributed by atoms with E-state index in [1.807, 2.05) is 44.2 Å². The number of hydrogen-bond acceptors (Lipinski definition) is 6. The van der Waals surface area contributed by atoms with E-state index in [1.54, 1.807) is 24.3 Å². The average Bonchev–Trinajstić information content (AvgIpc) is 2.78. The van der Waals surface area contributed by atoms with Gasteiger partial charge in [0.05, 0.1) is 13.7 Å². The van der Waals surface area contributed by atoms with Gasteiger partial charge in [0.15, 0.2) is 17.6 Å². The number of carbonyl (C=O) groups is 3. The monoisotopic (exact) mass is 458 g/mol. The maximum absolute atomic E-state index is 13.0. The van der Waals surface area contributed by atoms with E-state index in [4.69, 9.17) is 14.6 Å². The second-order valence-electron chi connectivity index (χ2n) is 7.92. The standard InChI is InChI=1S/C24H30N2O7/c1-16(2)14-26(15-19(27)22(28)29)24(31)25-18(13-17-9-5-4-6-10-17)23(30)33-21-12-8-7-11-20(21)32-3/h4-12,16,18-19,27H,13-15H2,1-3H3,(H,25,31)(H,28,29)/t18-,19?/m0/s1. The number of aliphatic hydroxyl groups excluding tert-OH is 1. The lowest BCUT2D eigenvalue weighted by molar-refractivity contribution is -0.147. The summed E-state index contributed by atoms with van der Waals surface area (Å²) in [6.45, 7) is 3.48. The van der Waals surface area contributed by atoms with Crippen molar-refractivity contribution in [3.8, 4) is 11.5 Å². The predicted octanol–water partition coefficient (Wildman–Crippen LogP) is 2.33. The molecule has 0 saturated heterocycles. The molecule has 2 rings (SSSR count). The van der Waals surface area contributed by atoms with Gasteiger partial charge in [-0.15, -0.1) is 0 Å². The number of aliphatic carboxylic acids is 1. The van der Waals surface area contributed by atoms with Crippen LogP contribution in [0.1, 0.15) is 19.4 Å². The first-order valence-corrected chi connectivity index (χ1v) is 10.6. The highest BCUT2D eigenvalue weighted by molar-refractivity contribution is 5.85. The van der Waals surface area contributed by atoms with Gasteiger partial charge in [0.2, 0.25) is 0 Å². The molecule has 178 valence electrons. The quantitative estimate of drug-likeness (QED) is 0.349. The van der Waals surface area contributed by atoms with Gasteiger partial charge in [0, 0.05) is 13.0 Å². The maximum atomic E-state index is 13.0. The molecule has 0 radical (unpaired) electrons. The highest BCUT2D eigenvalue weighted by atomic mass is 16.6. The first-order chi connectivity index (χ1) is 15.7. The zero-order valence-electron chi connectivity index (χ0n) is 18.9. The SMILES string of the molecule is COc1ccccc1OC(=O)[C@H](Cc1ccccc1)NC(=O)N(CC(C)C)CC(O)C(=O)O. The summed E-state index contributed by atoms with van der Waals surface area (Å²) in [5.41, 5.74) is 0.792. The number of amides is 2. The summed E-state index contributed by atoms with van der Waals surface area (Å²) < 4.78 is 10.7. The third-order valence-electron chi connectivity index (χ3n) is 4.70. The number of aliphatic hydroxyl groups is 1. The number of carboxylic acids is 1. The van der Waals surface area contributed by atoms with Crippen molar-refractivity contribution in [3.05, 3.63) is 60.2 Å². The minimum atomic E-state index is -1.75. The van der Waals surface area contributed by atoms with Gasteiger partial charge >= 0.3 is 18.0 Å². The number of methoxy groups -OCH3 is 1. The average molecular weight is 459 g/mol. The molecule has 0 aliphatic rings. The number of carbonyl (C=O) groups excluding carboxylic acids is 2. The van der Waals surface area contributed by atoms with Crippen LogP contribution in [0.2, 0.25) is 0 Å². The van der Waals surface area contributed by atoms with Gasteiger partial charge in [-0.05, 0) is 23.6 Å². The van der Waals surface area contributed by atoms with Crippen LogP contribution in [0.15, 0.2) is 54.6 Å². The molecule has 0 saturated carbocycles. The summed E-state index contributed by atoms with van der Waals surface area (Å²) in [5.74, 6) is -1.57. The Kier molecular flexibility index (Phi) is 9.68. The molecule has 1 unspecified atom stereocenters. The molecule has 3 N–H and O–H groups in total. The molecule has 2 aromatic rings. The van der Waals surface area contributed by atoms with Crippen LogP contribution < -0.4 is 14.8 Å². The van der Waals surface area contributed by atoms with Crippen molar-refractivity contribution in [2.24, 2.45) is 5.92 Å². The number of nitrogens with zero attached hydrogens (tertiary/aromatic N) is 1. The number of hydrogen-bond donors (Lipinski definition) is 3. The highest BCUT2D eigenvalue weighted by Crippen LogP contribution is 2.26. The number of esters is 1. The van der Waals surface area contributed by atoms with Crippen molar-refractivity contribution < 1.29 is 34.1 Å². The third-order valence-corrected chi connectivity index (χ3v) is 4.70. The van der Waals surface area contributed by atoms with Gasteiger partial charge in [-0.1, -0.05) is 56.3 Å². The van der Waals surface area contributed by atoms with E-state index in [2.05, 4.69) is 5.32 Å². The van der Waals surface area contributed by atoms with Crippen LogP contribution in [0.3, 0.4) is 0 Å². The van der Waals surface area contributed by atoms with Crippen LogP contribution in [0, 0.1) is 5.92 Å². The number of rotatable bonds is 11. The molecule has 2 aromatic carbocycles. The molecule has 0 fully saturated rings. The minimum absolute atomic E-state index is 0.00449. The van der Waals surface area contributed by atoms with Crippen molar-refractivity contribution in [1.82, 2.24) is 10.2 Å². The van der Waals surface area contributed by atoms with E-state index in [0.29, 0.717) is 5.75 Å². The topological polar surface area (TPSA) is 125 Å². The fraction of sp³-hybridized carbons (Fsp3) is 0.375. The van der Waals surface area contributed by atoms with Crippen molar-refractivity contribution >= 4 is 18.0 Å². The fourth-order valence-corrected chi connectivity index (χ4v) is 3.13. The molecule has 2 atom stereocenters. The molecule has 0 bridgehead atoms. The zero-order chi connectivity index (χ0) is 24.4. The first-order valence-electron chi connectivity index (χ1n) is 10.6. The Balaban J connectivity index is 2.25. The van der Waals surface area contributed by atoms with Crippen LogP contribution in [-0.2, 0) is 16.0 Å². The molecule has 9 heteroatoms. The molecular formula is C24H30N2O7. The normalized spacial score (nSPS) is 12.5. The lowest BCUT2D eigenvalue weighted by Gasteiger charge is -2.28. The molecule has 33 heavy (non-hydrogen) atoms. The summed E-state index contributed by atoms with van der Waals surface area (Å²) in [6, 6.07) is 14.0. The summed E-state index contributed by atoms with van der Waals surface area (Å²) >= 11 is 0. The van der Waals surface area contributed by atoms with E-state index in [0.717, 1.165) is 5.56 Å².